The number of carboxylic acid groups (broad SMARTS) is 1. The summed E-state index contributed by atoms with van der Waals surface area (Å²) in [6.45, 7) is 10.6. The Morgan fingerprint density at radius 2 is 1.74 bits per heavy atom. The molecule has 0 bridgehead atoms. The van der Waals surface area contributed by atoms with Gasteiger partial charge >= 0.3 is 5.97 Å². The lowest BCUT2D eigenvalue weighted by atomic mass is 9.95. The van der Waals surface area contributed by atoms with Crippen molar-refractivity contribution >= 4 is 5.97 Å². The number of nitrogens with zero attached hydrogens (tertiary/aromatic N) is 2. The minimum absolute atomic E-state index is 0.220. The molecule has 4 heteroatoms. The van der Waals surface area contributed by atoms with Crippen molar-refractivity contribution in [3.8, 4) is 0 Å². The molecule has 0 amide bonds. The number of rotatable bonds is 3. The molecule has 4 nitrogen and oxygen atoms in total. The van der Waals surface area contributed by atoms with Crippen LogP contribution in [0.1, 0.15) is 52.9 Å². The van der Waals surface area contributed by atoms with E-state index >= 15 is 0 Å². The molecule has 0 saturated carbocycles. The van der Waals surface area contributed by atoms with Crippen LogP contribution >= 0.6 is 0 Å². The van der Waals surface area contributed by atoms with E-state index in [9.17, 15) is 9.90 Å². The fraction of sp³-hybridized carbons (Fsp3) is 0.933. The number of carbonyl (C=O) groups is 1. The van der Waals surface area contributed by atoms with Crippen LogP contribution in [0.4, 0.5) is 0 Å². The number of hydrogen-bond donors (Lipinski definition) is 1. The van der Waals surface area contributed by atoms with Gasteiger partial charge in [-0.3, -0.25) is 9.69 Å². The predicted octanol–water partition coefficient (Wildman–Crippen LogP) is 2.44. The molecule has 0 spiro atoms. The lowest BCUT2D eigenvalue weighted by Crippen LogP contribution is -2.53. The van der Waals surface area contributed by atoms with E-state index in [4.69, 9.17) is 0 Å². The average Bonchev–Trinajstić information content (AvgIpc) is 2.49. The van der Waals surface area contributed by atoms with Crippen LogP contribution in [-0.4, -0.2) is 59.1 Å². The summed E-state index contributed by atoms with van der Waals surface area (Å²) in [5.41, 5.74) is 0. The van der Waals surface area contributed by atoms with Gasteiger partial charge in [-0.2, -0.15) is 0 Å². The van der Waals surface area contributed by atoms with Crippen LogP contribution in [0.3, 0.4) is 0 Å². The van der Waals surface area contributed by atoms with E-state index < -0.39 is 5.97 Å². The van der Waals surface area contributed by atoms with Crippen molar-refractivity contribution in [1.82, 2.24) is 9.80 Å². The summed E-state index contributed by atoms with van der Waals surface area (Å²) in [5.74, 6) is -0.623. The van der Waals surface area contributed by atoms with Crippen molar-refractivity contribution in [1.29, 1.82) is 0 Å². The van der Waals surface area contributed by atoms with Crippen molar-refractivity contribution < 1.29 is 9.90 Å². The number of likely N-dealkylation sites (tertiary alicyclic amines) is 2. The zero-order valence-electron chi connectivity index (χ0n) is 12.8. The molecule has 112 valence electrons. The minimum atomic E-state index is -0.623. The summed E-state index contributed by atoms with van der Waals surface area (Å²) < 4.78 is 0. The summed E-state index contributed by atoms with van der Waals surface area (Å²) in [5, 5.41) is 9.29. The highest BCUT2D eigenvalue weighted by molar-refractivity contribution is 5.73. The molecule has 2 aliphatic rings. The first kappa shape index (κ1) is 16.4. The van der Waals surface area contributed by atoms with E-state index in [1.807, 2.05) is 13.8 Å². The van der Waals surface area contributed by atoms with E-state index in [0.717, 1.165) is 58.3 Å². The van der Waals surface area contributed by atoms with Crippen molar-refractivity contribution in [3.63, 3.8) is 0 Å². The van der Waals surface area contributed by atoms with Gasteiger partial charge in [-0.1, -0.05) is 27.2 Å². The molecule has 2 heterocycles. The molecule has 0 aliphatic carbocycles. The topological polar surface area (TPSA) is 43.8 Å². The third kappa shape index (κ3) is 4.46. The Hall–Kier alpha value is -0.610. The zero-order valence-corrected chi connectivity index (χ0v) is 12.8. The average molecular weight is 270 g/mol. The summed E-state index contributed by atoms with van der Waals surface area (Å²) in [6, 6.07) is 0.279. The molecule has 1 atom stereocenters. The van der Waals surface area contributed by atoms with Gasteiger partial charge in [-0.05, 0) is 51.9 Å². The molecule has 2 aliphatic heterocycles. The van der Waals surface area contributed by atoms with Gasteiger partial charge in [0, 0.05) is 6.04 Å². The standard InChI is InChI=1S/C13H24N2O2.C2H6/c1-2-14-9-6-11(7-10-14)15-8-4-3-5-12(15)13(16)17;1-2/h11-12H,2-10H2,1H3,(H,16,17);1-2H3. The molecule has 0 aromatic carbocycles. The third-order valence-electron chi connectivity index (χ3n) is 4.30. The number of hydrogen-bond acceptors (Lipinski definition) is 3. The lowest BCUT2D eigenvalue weighted by molar-refractivity contribution is -0.146. The SMILES string of the molecule is CC.CCN1CCC(N2CCCCC2C(=O)O)CC1. The van der Waals surface area contributed by atoms with Crippen LogP contribution in [-0.2, 0) is 4.79 Å². The second-order valence-electron chi connectivity index (χ2n) is 5.25. The fourth-order valence-corrected chi connectivity index (χ4v) is 3.22. The zero-order chi connectivity index (χ0) is 14.3. The lowest BCUT2D eigenvalue weighted by Gasteiger charge is -2.43. The van der Waals surface area contributed by atoms with Crippen molar-refractivity contribution in [2.75, 3.05) is 26.2 Å². The highest BCUT2D eigenvalue weighted by Crippen LogP contribution is 2.25. The van der Waals surface area contributed by atoms with E-state index in [1.54, 1.807) is 0 Å². The van der Waals surface area contributed by atoms with Crippen LogP contribution in [0, 0.1) is 0 Å². The summed E-state index contributed by atoms with van der Waals surface area (Å²) in [7, 11) is 0. The Balaban J connectivity index is 0.000000861. The molecular weight excluding hydrogens is 240 g/mol. The molecule has 1 unspecified atom stereocenters. The maximum Gasteiger partial charge on any atom is 0.320 e. The fourth-order valence-electron chi connectivity index (χ4n) is 3.22. The van der Waals surface area contributed by atoms with Crippen LogP contribution < -0.4 is 0 Å². The normalized spacial score (nSPS) is 26.6. The molecule has 19 heavy (non-hydrogen) atoms. The van der Waals surface area contributed by atoms with Gasteiger partial charge in [-0.15, -0.1) is 0 Å². The Labute approximate surface area is 117 Å². The van der Waals surface area contributed by atoms with Gasteiger partial charge in [0.25, 0.3) is 0 Å². The van der Waals surface area contributed by atoms with Crippen molar-refractivity contribution in [3.05, 3.63) is 0 Å². The van der Waals surface area contributed by atoms with E-state index in [-0.39, 0.29) is 6.04 Å². The Bertz CT molecular complexity index is 263. The Morgan fingerprint density at radius 3 is 2.26 bits per heavy atom. The summed E-state index contributed by atoms with van der Waals surface area (Å²) >= 11 is 0. The highest BCUT2D eigenvalue weighted by atomic mass is 16.4. The highest BCUT2D eigenvalue weighted by Gasteiger charge is 2.34. The van der Waals surface area contributed by atoms with Crippen molar-refractivity contribution in [2.24, 2.45) is 0 Å². The van der Waals surface area contributed by atoms with Gasteiger partial charge in [0.1, 0.15) is 6.04 Å². The van der Waals surface area contributed by atoms with E-state index in [2.05, 4.69) is 16.7 Å². The minimum Gasteiger partial charge on any atom is -0.480 e. The Morgan fingerprint density at radius 1 is 1.11 bits per heavy atom. The van der Waals surface area contributed by atoms with E-state index in [1.165, 1.54) is 0 Å². The molecule has 2 rings (SSSR count). The first-order chi connectivity index (χ1) is 9.22. The van der Waals surface area contributed by atoms with Crippen LogP contribution in [0.25, 0.3) is 0 Å². The molecule has 1 N–H and O–H groups in total. The maximum absolute atomic E-state index is 11.3. The van der Waals surface area contributed by atoms with E-state index in [0.29, 0.717) is 6.04 Å². The maximum atomic E-state index is 11.3. The molecule has 0 aromatic heterocycles. The smallest absolute Gasteiger partial charge is 0.320 e. The number of aliphatic carboxylic acids is 1. The van der Waals surface area contributed by atoms with Crippen molar-refractivity contribution in [2.45, 2.75) is 65.0 Å². The second kappa shape index (κ2) is 8.54. The number of carboxylic acids is 1. The van der Waals surface area contributed by atoms with Crippen LogP contribution in [0.15, 0.2) is 0 Å². The van der Waals surface area contributed by atoms with Crippen LogP contribution in [0.5, 0.6) is 0 Å². The van der Waals surface area contributed by atoms with Gasteiger partial charge in [0.05, 0.1) is 0 Å². The van der Waals surface area contributed by atoms with Gasteiger partial charge in [-0.25, -0.2) is 0 Å². The quantitative estimate of drug-likeness (QED) is 0.855. The van der Waals surface area contributed by atoms with Gasteiger partial charge < -0.3 is 10.0 Å². The first-order valence-corrected chi connectivity index (χ1v) is 7.93. The monoisotopic (exact) mass is 270 g/mol. The van der Waals surface area contributed by atoms with Gasteiger partial charge in [0.2, 0.25) is 0 Å². The van der Waals surface area contributed by atoms with Gasteiger partial charge in [0.15, 0.2) is 0 Å². The third-order valence-corrected chi connectivity index (χ3v) is 4.30. The second-order valence-corrected chi connectivity index (χ2v) is 5.25. The first-order valence-electron chi connectivity index (χ1n) is 7.93. The summed E-state index contributed by atoms with van der Waals surface area (Å²) in [4.78, 5) is 16.0. The Kier molecular flexibility index (Phi) is 7.39. The predicted molar refractivity (Wildman–Crippen MR) is 78.5 cm³/mol. The molecule has 0 aromatic rings. The molecule has 2 fully saturated rings. The largest absolute Gasteiger partial charge is 0.480 e. The van der Waals surface area contributed by atoms with Crippen LogP contribution in [0.2, 0.25) is 0 Å². The molecule has 2 saturated heterocycles. The molecular formula is C15H30N2O2. The summed E-state index contributed by atoms with van der Waals surface area (Å²) in [6.07, 6.45) is 5.34. The molecule has 0 radical (unpaired) electrons. The number of piperidine rings is 2.